The molecule has 0 unspecified atom stereocenters. The predicted octanol–water partition coefficient (Wildman–Crippen LogP) is 2.95. The molecule has 2 rings (SSSR count). The first-order valence-corrected chi connectivity index (χ1v) is 7.66. The van der Waals surface area contributed by atoms with Crippen LogP contribution >= 0.6 is 22.9 Å². The Balaban J connectivity index is 2.06. The highest BCUT2D eigenvalue weighted by Gasteiger charge is 2.09. The second-order valence-corrected chi connectivity index (χ2v) is 5.90. The van der Waals surface area contributed by atoms with E-state index >= 15 is 0 Å². The van der Waals surface area contributed by atoms with Gasteiger partial charge in [-0.25, -0.2) is 0 Å². The van der Waals surface area contributed by atoms with Gasteiger partial charge in [-0.05, 0) is 42.1 Å². The van der Waals surface area contributed by atoms with E-state index in [0.717, 1.165) is 16.0 Å². The molecule has 1 amide bonds. The molecule has 0 radical (unpaired) electrons. The van der Waals surface area contributed by atoms with Crippen molar-refractivity contribution in [2.24, 2.45) is 5.73 Å². The van der Waals surface area contributed by atoms with E-state index in [-0.39, 0.29) is 5.91 Å². The summed E-state index contributed by atoms with van der Waals surface area (Å²) in [6, 6.07) is 7.22. The lowest BCUT2D eigenvalue weighted by molar-refractivity contribution is 0.0951. The standard InChI is InChI=1S/C16H15ClN2OS/c1-11-7-13(9-14(17)8-11)16(20)19-10-15-12(3-2-5-18)4-6-21-15/h4,6-9H,5,10,18H2,1H3,(H,19,20). The van der Waals surface area contributed by atoms with E-state index in [1.807, 2.05) is 30.5 Å². The van der Waals surface area contributed by atoms with Crippen LogP contribution in [0.25, 0.3) is 0 Å². The van der Waals surface area contributed by atoms with Crippen molar-refractivity contribution in [3.05, 3.63) is 56.2 Å². The Morgan fingerprint density at radius 2 is 2.24 bits per heavy atom. The number of nitrogens with one attached hydrogen (secondary N) is 1. The first-order valence-electron chi connectivity index (χ1n) is 6.41. The van der Waals surface area contributed by atoms with Crippen LogP contribution in [0.5, 0.6) is 0 Å². The molecule has 0 fully saturated rings. The van der Waals surface area contributed by atoms with Crippen LogP contribution in [0.1, 0.15) is 26.4 Å². The van der Waals surface area contributed by atoms with Gasteiger partial charge in [-0.1, -0.05) is 23.4 Å². The van der Waals surface area contributed by atoms with E-state index in [2.05, 4.69) is 17.2 Å². The smallest absolute Gasteiger partial charge is 0.251 e. The fourth-order valence-electron chi connectivity index (χ4n) is 1.87. The van der Waals surface area contributed by atoms with Gasteiger partial charge in [0.05, 0.1) is 13.1 Å². The molecule has 2 aromatic rings. The molecule has 0 aliphatic rings. The van der Waals surface area contributed by atoms with Crippen LogP contribution in [0.3, 0.4) is 0 Å². The maximum atomic E-state index is 12.1. The van der Waals surface area contributed by atoms with Crippen LogP contribution in [0, 0.1) is 18.8 Å². The molecule has 0 saturated heterocycles. The fourth-order valence-corrected chi connectivity index (χ4v) is 2.92. The third kappa shape index (κ3) is 4.33. The molecule has 3 nitrogen and oxygen atoms in total. The Kier molecular flexibility index (Phi) is 5.40. The molecule has 0 saturated carbocycles. The number of amides is 1. The van der Waals surface area contributed by atoms with Gasteiger partial charge in [0, 0.05) is 21.0 Å². The van der Waals surface area contributed by atoms with Gasteiger partial charge in [-0.3, -0.25) is 4.79 Å². The van der Waals surface area contributed by atoms with Crippen molar-refractivity contribution in [1.82, 2.24) is 5.32 Å². The number of carbonyl (C=O) groups excluding carboxylic acids is 1. The first-order chi connectivity index (χ1) is 10.1. The number of nitrogens with two attached hydrogens (primary N) is 1. The predicted molar refractivity (Wildman–Crippen MR) is 87.6 cm³/mol. The van der Waals surface area contributed by atoms with E-state index < -0.39 is 0 Å². The number of hydrogen-bond donors (Lipinski definition) is 2. The monoisotopic (exact) mass is 318 g/mol. The summed E-state index contributed by atoms with van der Waals surface area (Å²) in [5.74, 6) is 5.67. The summed E-state index contributed by atoms with van der Waals surface area (Å²) < 4.78 is 0. The van der Waals surface area contributed by atoms with Crippen molar-refractivity contribution in [2.45, 2.75) is 13.5 Å². The van der Waals surface area contributed by atoms with Crippen LogP contribution in [-0.2, 0) is 6.54 Å². The summed E-state index contributed by atoms with van der Waals surface area (Å²) in [6.45, 7) is 2.67. The lowest BCUT2D eigenvalue weighted by Crippen LogP contribution is -2.22. The first kappa shape index (κ1) is 15.6. The third-order valence-electron chi connectivity index (χ3n) is 2.78. The molecule has 1 heterocycles. The van der Waals surface area contributed by atoms with E-state index in [1.54, 1.807) is 17.4 Å². The van der Waals surface area contributed by atoms with Crippen LogP contribution < -0.4 is 11.1 Å². The fraction of sp³-hybridized carbons (Fsp3) is 0.188. The molecule has 0 aliphatic carbocycles. The summed E-state index contributed by atoms with van der Waals surface area (Å²) >= 11 is 7.53. The topological polar surface area (TPSA) is 55.1 Å². The lowest BCUT2D eigenvalue weighted by atomic mass is 10.1. The van der Waals surface area contributed by atoms with Crippen molar-refractivity contribution < 1.29 is 4.79 Å². The van der Waals surface area contributed by atoms with Crippen molar-refractivity contribution >= 4 is 28.8 Å². The molecule has 0 aliphatic heterocycles. The average molecular weight is 319 g/mol. The van der Waals surface area contributed by atoms with Gasteiger partial charge in [0.25, 0.3) is 5.91 Å². The van der Waals surface area contributed by atoms with E-state index in [4.69, 9.17) is 17.3 Å². The normalized spacial score (nSPS) is 9.86. The SMILES string of the molecule is Cc1cc(Cl)cc(C(=O)NCc2sccc2C#CCN)c1. The minimum atomic E-state index is -0.147. The molecule has 0 spiro atoms. The van der Waals surface area contributed by atoms with E-state index in [1.165, 1.54) is 0 Å². The number of aryl methyl sites for hydroxylation is 1. The van der Waals surface area contributed by atoms with E-state index in [0.29, 0.717) is 23.7 Å². The molecule has 3 N–H and O–H groups in total. The van der Waals surface area contributed by atoms with Gasteiger partial charge in [0.1, 0.15) is 0 Å². The average Bonchev–Trinajstić information content (AvgIpc) is 2.88. The highest BCUT2D eigenvalue weighted by Crippen LogP contribution is 2.17. The third-order valence-corrected chi connectivity index (χ3v) is 3.92. The maximum Gasteiger partial charge on any atom is 0.251 e. The highest BCUT2D eigenvalue weighted by molar-refractivity contribution is 7.10. The minimum Gasteiger partial charge on any atom is -0.347 e. The zero-order valence-corrected chi connectivity index (χ0v) is 13.1. The Bertz CT molecular complexity index is 692. The quantitative estimate of drug-likeness (QED) is 0.855. The van der Waals surface area contributed by atoms with Gasteiger partial charge in [-0.15, -0.1) is 11.3 Å². The number of hydrogen-bond acceptors (Lipinski definition) is 3. The van der Waals surface area contributed by atoms with Crippen molar-refractivity contribution in [2.75, 3.05) is 6.54 Å². The Morgan fingerprint density at radius 1 is 1.43 bits per heavy atom. The summed E-state index contributed by atoms with van der Waals surface area (Å²) in [4.78, 5) is 13.2. The minimum absolute atomic E-state index is 0.147. The second kappa shape index (κ2) is 7.28. The van der Waals surface area contributed by atoms with Crippen LogP contribution in [0.4, 0.5) is 0 Å². The second-order valence-electron chi connectivity index (χ2n) is 4.46. The van der Waals surface area contributed by atoms with Gasteiger partial charge in [-0.2, -0.15) is 0 Å². The lowest BCUT2D eigenvalue weighted by Gasteiger charge is -2.06. The zero-order chi connectivity index (χ0) is 15.2. The molecule has 108 valence electrons. The molecule has 1 aromatic carbocycles. The molecular weight excluding hydrogens is 304 g/mol. The summed E-state index contributed by atoms with van der Waals surface area (Å²) in [6.07, 6.45) is 0. The molecule has 21 heavy (non-hydrogen) atoms. The van der Waals surface area contributed by atoms with Gasteiger partial charge in [0.15, 0.2) is 0 Å². The zero-order valence-electron chi connectivity index (χ0n) is 11.6. The number of rotatable bonds is 3. The Labute approximate surface area is 133 Å². The highest BCUT2D eigenvalue weighted by atomic mass is 35.5. The van der Waals surface area contributed by atoms with Crippen molar-refractivity contribution in [1.29, 1.82) is 0 Å². The Hall–Kier alpha value is -1.80. The summed E-state index contributed by atoms with van der Waals surface area (Å²) in [7, 11) is 0. The van der Waals surface area contributed by atoms with Gasteiger partial charge >= 0.3 is 0 Å². The molecule has 5 heteroatoms. The number of halogens is 1. The van der Waals surface area contributed by atoms with Crippen LogP contribution in [-0.4, -0.2) is 12.5 Å². The van der Waals surface area contributed by atoms with E-state index in [9.17, 15) is 4.79 Å². The van der Waals surface area contributed by atoms with Gasteiger partial charge in [0.2, 0.25) is 0 Å². The van der Waals surface area contributed by atoms with Crippen LogP contribution in [0.15, 0.2) is 29.6 Å². The number of benzene rings is 1. The molecule has 0 bridgehead atoms. The Morgan fingerprint density at radius 3 is 2.95 bits per heavy atom. The molecule has 0 atom stereocenters. The summed E-state index contributed by atoms with van der Waals surface area (Å²) in [5, 5.41) is 5.40. The number of carbonyl (C=O) groups is 1. The largest absolute Gasteiger partial charge is 0.347 e. The van der Waals surface area contributed by atoms with Crippen LogP contribution in [0.2, 0.25) is 5.02 Å². The molecule has 1 aromatic heterocycles. The number of thiophene rings is 1. The summed E-state index contributed by atoms with van der Waals surface area (Å²) in [5.41, 5.74) is 7.80. The van der Waals surface area contributed by atoms with Crippen molar-refractivity contribution in [3.8, 4) is 11.8 Å². The van der Waals surface area contributed by atoms with Gasteiger partial charge < -0.3 is 11.1 Å². The van der Waals surface area contributed by atoms with Crippen molar-refractivity contribution in [3.63, 3.8) is 0 Å². The molecular formula is C16H15ClN2OS. The maximum absolute atomic E-state index is 12.1.